The lowest BCUT2D eigenvalue weighted by molar-refractivity contribution is 0.104. The number of nitrogens with two attached hydrogens (primary N) is 1. The van der Waals surface area contributed by atoms with Gasteiger partial charge in [-0.15, -0.1) is 0 Å². The molecule has 1 aliphatic rings. The Bertz CT molecular complexity index is 1170. The molecule has 6 nitrogen and oxygen atoms in total. The van der Waals surface area contributed by atoms with Crippen LogP contribution in [0.4, 0.5) is 5.69 Å². The smallest absolute Gasteiger partial charge is 0.296 e. The average molecular weight is 340 g/mol. The van der Waals surface area contributed by atoms with Gasteiger partial charge in [0.25, 0.3) is 10.1 Å². The number of rotatable bonds is 1. The van der Waals surface area contributed by atoms with E-state index in [4.69, 9.17) is 5.73 Å². The Morgan fingerprint density at radius 2 is 1.75 bits per heavy atom. The van der Waals surface area contributed by atoms with Gasteiger partial charge >= 0.3 is 0 Å². The minimum Gasteiger partial charge on any atom is -0.398 e. The number of pyridine rings is 1. The molecule has 1 heterocycles. The van der Waals surface area contributed by atoms with Crippen LogP contribution in [-0.4, -0.2) is 23.7 Å². The second kappa shape index (κ2) is 4.62. The van der Waals surface area contributed by atoms with E-state index in [1.54, 1.807) is 37.3 Å². The van der Waals surface area contributed by atoms with E-state index >= 15 is 0 Å². The maximum absolute atomic E-state index is 12.8. The molecule has 3 aromatic rings. The minimum absolute atomic E-state index is 0.00142. The number of aromatic nitrogens is 1. The van der Waals surface area contributed by atoms with Crippen molar-refractivity contribution in [1.29, 1.82) is 0 Å². The Morgan fingerprint density at radius 1 is 1.08 bits per heavy atom. The predicted octanol–water partition coefficient (Wildman–Crippen LogP) is 2.58. The summed E-state index contributed by atoms with van der Waals surface area (Å²) in [5.74, 6) is -0.284. The SMILES string of the molecule is Cc1cc2c3c(c(N)cc(S(=O)(=O)O)c3n1)C(=O)c1ccccc1-2. The monoisotopic (exact) mass is 340 g/mol. The van der Waals surface area contributed by atoms with Gasteiger partial charge in [-0.25, -0.2) is 0 Å². The minimum atomic E-state index is -4.53. The molecule has 1 aliphatic carbocycles. The fourth-order valence-corrected chi connectivity index (χ4v) is 3.90. The van der Waals surface area contributed by atoms with Gasteiger partial charge in [-0.05, 0) is 30.2 Å². The van der Waals surface area contributed by atoms with Gasteiger partial charge in [0.15, 0.2) is 5.78 Å². The van der Waals surface area contributed by atoms with Crippen LogP contribution in [0.1, 0.15) is 21.6 Å². The van der Waals surface area contributed by atoms with Gasteiger partial charge in [-0.3, -0.25) is 14.3 Å². The van der Waals surface area contributed by atoms with Gasteiger partial charge in [0, 0.05) is 22.3 Å². The van der Waals surface area contributed by atoms with Crippen LogP contribution in [0.15, 0.2) is 41.3 Å². The number of ketones is 1. The number of hydrogen-bond donors (Lipinski definition) is 2. The molecule has 0 aliphatic heterocycles. The summed E-state index contributed by atoms with van der Waals surface area (Å²) in [6, 6.07) is 9.93. The van der Waals surface area contributed by atoms with Crippen molar-refractivity contribution >= 4 is 32.5 Å². The number of carbonyl (C=O) groups excluding carboxylic acids is 1. The van der Waals surface area contributed by atoms with E-state index in [2.05, 4.69) is 4.98 Å². The molecule has 0 bridgehead atoms. The van der Waals surface area contributed by atoms with Gasteiger partial charge < -0.3 is 5.73 Å². The van der Waals surface area contributed by atoms with Crippen LogP contribution in [0, 0.1) is 6.92 Å². The Labute approximate surface area is 137 Å². The van der Waals surface area contributed by atoms with Crippen LogP contribution >= 0.6 is 0 Å². The largest absolute Gasteiger partial charge is 0.398 e. The molecular formula is C17H12N2O4S. The molecule has 24 heavy (non-hydrogen) atoms. The van der Waals surface area contributed by atoms with Crippen molar-refractivity contribution in [2.24, 2.45) is 0 Å². The zero-order valence-corrected chi connectivity index (χ0v) is 13.4. The fraction of sp³-hybridized carbons (Fsp3) is 0.0588. The summed E-state index contributed by atoms with van der Waals surface area (Å²) in [7, 11) is -4.53. The highest BCUT2D eigenvalue weighted by atomic mass is 32.2. The van der Waals surface area contributed by atoms with E-state index in [1.807, 2.05) is 0 Å². The van der Waals surface area contributed by atoms with Crippen molar-refractivity contribution in [2.75, 3.05) is 5.73 Å². The van der Waals surface area contributed by atoms with E-state index in [0.29, 0.717) is 27.8 Å². The van der Waals surface area contributed by atoms with Crippen LogP contribution in [0.3, 0.4) is 0 Å². The fourth-order valence-electron chi connectivity index (χ4n) is 3.23. The van der Waals surface area contributed by atoms with Crippen LogP contribution < -0.4 is 5.73 Å². The first-order chi connectivity index (χ1) is 11.3. The Morgan fingerprint density at radius 3 is 2.42 bits per heavy atom. The molecule has 3 N–H and O–H groups in total. The summed E-state index contributed by atoms with van der Waals surface area (Å²) < 4.78 is 33.0. The summed E-state index contributed by atoms with van der Waals surface area (Å²) in [6.45, 7) is 1.72. The van der Waals surface area contributed by atoms with Crippen molar-refractivity contribution in [1.82, 2.24) is 4.98 Å². The molecular weight excluding hydrogens is 328 g/mol. The van der Waals surface area contributed by atoms with Crippen LogP contribution in [0.5, 0.6) is 0 Å². The van der Waals surface area contributed by atoms with Crippen molar-refractivity contribution in [2.45, 2.75) is 11.8 Å². The van der Waals surface area contributed by atoms with Crippen LogP contribution in [-0.2, 0) is 10.1 Å². The molecule has 4 rings (SSSR count). The lowest BCUT2D eigenvalue weighted by atomic mass is 9.83. The number of benzene rings is 2. The van der Waals surface area contributed by atoms with Gasteiger partial charge in [0.2, 0.25) is 0 Å². The molecule has 1 aromatic heterocycles. The summed E-state index contributed by atoms with van der Waals surface area (Å²) in [6.07, 6.45) is 0. The second-order valence-electron chi connectivity index (χ2n) is 5.72. The van der Waals surface area contributed by atoms with E-state index in [0.717, 1.165) is 6.07 Å². The topological polar surface area (TPSA) is 110 Å². The second-order valence-corrected chi connectivity index (χ2v) is 7.11. The first-order valence-electron chi connectivity index (χ1n) is 7.14. The quantitative estimate of drug-likeness (QED) is 0.407. The molecule has 0 radical (unpaired) electrons. The number of nitrogens with zero attached hydrogens (tertiary/aromatic N) is 1. The number of carbonyl (C=O) groups is 1. The van der Waals surface area contributed by atoms with Crippen molar-refractivity contribution in [3.05, 3.63) is 53.2 Å². The van der Waals surface area contributed by atoms with Gasteiger partial charge in [0.1, 0.15) is 4.90 Å². The third-order valence-corrected chi connectivity index (χ3v) is 5.04. The first-order valence-corrected chi connectivity index (χ1v) is 8.58. The summed E-state index contributed by atoms with van der Waals surface area (Å²) in [5, 5.41) is 0.358. The van der Waals surface area contributed by atoms with E-state index < -0.39 is 15.0 Å². The van der Waals surface area contributed by atoms with Crippen molar-refractivity contribution < 1.29 is 17.8 Å². The van der Waals surface area contributed by atoms with Gasteiger partial charge in [0.05, 0.1) is 11.1 Å². The molecule has 0 amide bonds. The highest BCUT2D eigenvalue weighted by Crippen LogP contribution is 2.43. The third kappa shape index (κ3) is 1.88. The third-order valence-electron chi connectivity index (χ3n) is 4.17. The highest BCUT2D eigenvalue weighted by Gasteiger charge is 2.31. The lowest BCUT2D eigenvalue weighted by Gasteiger charge is -2.22. The zero-order valence-electron chi connectivity index (χ0n) is 12.6. The molecule has 0 spiro atoms. The van der Waals surface area contributed by atoms with Crippen molar-refractivity contribution in [3.63, 3.8) is 0 Å². The van der Waals surface area contributed by atoms with Crippen LogP contribution in [0.2, 0.25) is 0 Å². The molecule has 0 saturated carbocycles. The summed E-state index contributed by atoms with van der Waals surface area (Å²) in [5.41, 5.74) is 8.68. The molecule has 0 atom stereocenters. The summed E-state index contributed by atoms with van der Waals surface area (Å²) >= 11 is 0. The molecule has 120 valence electrons. The molecule has 2 aromatic carbocycles. The van der Waals surface area contributed by atoms with E-state index in [9.17, 15) is 17.8 Å². The maximum Gasteiger partial charge on any atom is 0.296 e. The lowest BCUT2D eigenvalue weighted by Crippen LogP contribution is -2.15. The molecule has 0 fully saturated rings. The number of fused-ring (bicyclic) bond motifs is 2. The normalized spacial score (nSPS) is 13.2. The van der Waals surface area contributed by atoms with Gasteiger partial charge in [-0.1, -0.05) is 24.3 Å². The van der Waals surface area contributed by atoms with Crippen LogP contribution in [0.25, 0.3) is 22.0 Å². The Hall–Kier alpha value is -2.77. The zero-order chi connectivity index (χ0) is 17.2. The average Bonchev–Trinajstić information content (AvgIpc) is 2.52. The standard InChI is InChI=1S/C17H12N2O4S/c1-8-6-11-9-4-2-3-5-10(9)17(20)15-12(18)7-13(24(21,22)23)16(19-8)14(11)15/h2-7H,18H2,1H3,(H,21,22,23). The number of nitrogen functional groups attached to an aromatic ring is 1. The van der Waals surface area contributed by atoms with E-state index in [-0.39, 0.29) is 22.6 Å². The van der Waals surface area contributed by atoms with E-state index in [1.165, 1.54) is 0 Å². The molecule has 0 saturated heterocycles. The first kappa shape index (κ1) is 14.8. The number of anilines is 1. The Kier molecular flexibility index (Phi) is 2.85. The molecule has 0 unspecified atom stereocenters. The molecule has 7 heteroatoms. The predicted molar refractivity (Wildman–Crippen MR) is 89.6 cm³/mol. The Balaban J connectivity index is 2.33. The maximum atomic E-state index is 12.8. The summed E-state index contributed by atoms with van der Waals surface area (Å²) in [4.78, 5) is 16.7. The van der Waals surface area contributed by atoms with Gasteiger partial charge in [-0.2, -0.15) is 8.42 Å². The number of hydrogen-bond acceptors (Lipinski definition) is 5. The number of aryl methyl sites for hydroxylation is 1. The highest BCUT2D eigenvalue weighted by molar-refractivity contribution is 7.86. The van der Waals surface area contributed by atoms with Crippen molar-refractivity contribution in [3.8, 4) is 11.1 Å².